The monoisotopic (exact) mass is 279 g/mol. The van der Waals surface area contributed by atoms with Gasteiger partial charge in [0.05, 0.1) is 26.3 Å². The van der Waals surface area contributed by atoms with Crippen molar-refractivity contribution in [3.05, 3.63) is 23.7 Å². The van der Waals surface area contributed by atoms with Crippen LogP contribution >= 0.6 is 0 Å². The highest BCUT2D eigenvalue weighted by molar-refractivity contribution is 5.07. The first-order valence-corrected chi connectivity index (χ1v) is 7.61. The lowest BCUT2D eigenvalue weighted by Gasteiger charge is -2.32. The van der Waals surface area contributed by atoms with E-state index in [1.54, 1.807) is 0 Å². The van der Waals surface area contributed by atoms with Crippen molar-refractivity contribution in [2.75, 3.05) is 46.4 Å². The Morgan fingerprint density at radius 3 is 2.80 bits per heavy atom. The SMILES string of the molecule is CNCc1ccc(CN2CCC(N3CCOCC3)C2)o1. The molecule has 1 atom stereocenters. The largest absolute Gasteiger partial charge is 0.463 e. The van der Waals surface area contributed by atoms with Crippen molar-refractivity contribution < 1.29 is 9.15 Å². The molecule has 1 aromatic heterocycles. The van der Waals surface area contributed by atoms with Gasteiger partial charge in [0.15, 0.2) is 0 Å². The highest BCUT2D eigenvalue weighted by Gasteiger charge is 2.28. The molecule has 1 aromatic rings. The van der Waals surface area contributed by atoms with Crippen molar-refractivity contribution in [1.82, 2.24) is 15.1 Å². The smallest absolute Gasteiger partial charge is 0.118 e. The van der Waals surface area contributed by atoms with E-state index >= 15 is 0 Å². The zero-order valence-corrected chi connectivity index (χ0v) is 12.3. The van der Waals surface area contributed by atoms with Crippen LogP contribution in [0.3, 0.4) is 0 Å². The van der Waals surface area contributed by atoms with Gasteiger partial charge >= 0.3 is 0 Å². The number of ether oxygens (including phenoxy) is 1. The zero-order chi connectivity index (χ0) is 13.8. The Kier molecular flexibility index (Phi) is 4.73. The Balaban J connectivity index is 1.49. The third-order valence-corrected chi connectivity index (χ3v) is 4.26. The van der Waals surface area contributed by atoms with Gasteiger partial charge < -0.3 is 14.5 Å². The number of morpholine rings is 1. The Morgan fingerprint density at radius 2 is 2.00 bits per heavy atom. The summed E-state index contributed by atoms with van der Waals surface area (Å²) < 4.78 is 11.3. The van der Waals surface area contributed by atoms with Crippen molar-refractivity contribution in [2.24, 2.45) is 0 Å². The Hall–Kier alpha value is -0.880. The summed E-state index contributed by atoms with van der Waals surface area (Å²) in [4.78, 5) is 5.08. The van der Waals surface area contributed by atoms with E-state index in [9.17, 15) is 0 Å². The van der Waals surface area contributed by atoms with Crippen LogP contribution in [0.25, 0.3) is 0 Å². The van der Waals surface area contributed by atoms with Gasteiger partial charge in [-0.2, -0.15) is 0 Å². The van der Waals surface area contributed by atoms with Gasteiger partial charge in [0.1, 0.15) is 11.5 Å². The number of hydrogen-bond acceptors (Lipinski definition) is 5. The molecule has 0 spiro atoms. The average Bonchev–Trinajstić information content (AvgIpc) is 3.11. The molecule has 2 saturated heterocycles. The lowest BCUT2D eigenvalue weighted by molar-refractivity contribution is 0.0182. The number of nitrogens with zero attached hydrogens (tertiary/aromatic N) is 2. The van der Waals surface area contributed by atoms with Crippen LogP contribution < -0.4 is 5.32 Å². The third kappa shape index (κ3) is 3.41. The number of rotatable bonds is 5. The van der Waals surface area contributed by atoms with E-state index in [2.05, 4.69) is 27.2 Å². The summed E-state index contributed by atoms with van der Waals surface area (Å²) in [6.07, 6.45) is 1.27. The quantitative estimate of drug-likeness (QED) is 0.867. The van der Waals surface area contributed by atoms with Gasteiger partial charge in [-0.3, -0.25) is 9.80 Å². The van der Waals surface area contributed by atoms with Gasteiger partial charge in [-0.15, -0.1) is 0 Å². The Morgan fingerprint density at radius 1 is 1.20 bits per heavy atom. The maximum Gasteiger partial charge on any atom is 0.118 e. The second-order valence-electron chi connectivity index (χ2n) is 5.72. The summed E-state index contributed by atoms with van der Waals surface area (Å²) in [7, 11) is 1.94. The maximum atomic E-state index is 5.83. The summed E-state index contributed by atoms with van der Waals surface area (Å²) in [5.41, 5.74) is 0. The average molecular weight is 279 g/mol. The third-order valence-electron chi connectivity index (χ3n) is 4.26. The molecule has 2 aliphatic heterocycles. The van der Waals surface area contributed by atoms with E-state index in [1.165, 1.54) is 13.0 Å². The second-order valence-corrected chi connectivity index (χ2v) is 5.72. The fraction of sp³-hybridized carbons (Fsp3) is 0.733. The summed E-state index contributed by atoms with van der Waals surface area (Å²) in [6, 6.07) is 4.88. The summed E-state index contributed by atoms with van der Waals surface area (Å²) in [6.45, 7) is 8.02. The maximum absolute atomic E-state index is 5.83. The molecule has 1 N–H and O–H groups in total. The Bertz CT molecular complexity index is 415. The molecule has 112 valence electrons. The predicted molar refractivity (Wildman–Crippen MR) is 77.5 cm³/mol. The first kappa shape index (κ1) is 14.1. The Labute approximate surface area is 120 Å². The number of nitrogens with one attached hydrogen (secondary N) is 1. The van der Waals surface area contributed by atoms with Gasteiger partial charge in [-0.25, -0.2) is 0 Å². The van der Waals surface area contributed by atoms with Crippen LogP contribution in [0, 0.1) is 0 Å². The summed E-state index contributed by atoms with van der Waals surface area (Å²) in [5, 5.41) is 3.12. The minimum absolute atomic E-state index is 0.700. The van der Waals surface area contributed by atoms with Gasteiger partial charge in [0, 0.05) is 32.2 Å². The predicted octanol–water partition coefficient (Wildman–Crippen LogP) is 0.906. The number of hydrogen-bond donors (Lipinski definition) is 1. The molecule has 1 unspecified atom stereocenters. The van der Waals surface area contributed by atoms with Crippen molar-refractivity contribution in [1.29, 1.82) is 0 Å². The van der Waals surface area contributed by atoms with Crippen LogP contribution in [0.5, 0.6) is 0 Å². The zero-order valence-electron chi connectivity index (χ0n) is 12.3. The van der Waals surface area contributed by atoms with Crippen LogP contribution in [0.4, 0.5) is 0 Å². The second kappa shape index (κ2) is 6.72. The lowest BCUT2D eigenvalue weighted by Crippen LogP contribution is -2.44. The molecule has 2 fully saturated rings. The topological polar surface area (TPSA) is 40.9 Å². The number of furan rings is 1. The van der Waals surface area contributed by atoms with Gasteiger partial charge in [0.2, 0.25) is 0 Å². The van der Waals surface area contributed by atoms with Crippen LogP contribution in [0.2, 0.25) is 0 Å². The van der Waals surface area contributed by atoms with E-state index in [4.69, 9.17) is 9.15 Å². The van der Waals surface area contributed by atoms with E-state index < -0.39 is 0 Å². The van der Waals surface area contributed by atoms with Crippen LogP contribution in [-0.2, 0) is 17.8 Å². The van der Waals surface area contributed by atoms with Crippen LogP contribution in [0.1, 0.15) is 17.9 Å². The first-order valence-electron chi connectivity index (χ1n) is 7.61. The highest BCUT2D eigenvalue weighted by atomic mass is 16.5. The fourth-order valence-corrected chi connectivity index (χ4v) is 3.19. The molecule has 0 radical (unpaired) electrons. The molecule has 20 heavy (non-hydrogen) atoms. The van der Waals surface area contributed by atoms with Crippen molar-refractivity contribution in [2.45, 2.75) is 25.6 Å². The van der Waals surface area contributed by atoms with Crippen molar-refractivity contribution >= 4 is 0 Å². The van der Waals surface area contributed by atoms with Crippen LogP contribution in [0.15, 0.2) is 16.5 Å². The van der Waals surface area contributed by atoms with Crippen LogP contribution in [-0.4, -0.2) is 62.3 Å². The van der Waals surface area contributed by atoms with E-state index in [0.29, 0.717) is 6.04 Å². The molecular weight excluding hydrogens is 254 g/mol. The molecular formula is C15H25N3O2. The molecule has 0 saturated carbocycles. The normalized spacial score (nSPS) is 25.4. The summed E-state index contributed by atoms with van der Waals surface area (Å²) >= 11 is 0. The van der Waals surface area contributed by atoms with E-state index in [-0.39, 0.29) is 0 Å². The standard InChI is InChI=1S/C15H25N3O2/c1-16-10-14-2-3-15(20-14)12-17-5-4-13(11-17)18-6-8-19-9-7-18/h2-3,13,16H,4-12H2,1H3. The molecule has 5 heteroatoms. The van der Waals surface area contributed by atoms with Crippen molar-refractivity contribution in [3.63, 3.8) is 0 Å². The fourth-order valence-electron chi connectivity index (χ4n) is 3.19. The first-order chi connectivity index (χ1) is 9.85. The van der Waals surface area contributed by atoms with Gasteiger partial charge in [-0.05, 0) is 25.6 Å². The van der Waals surface area contributed by atoms with Crippen molar-refractivity contribution in [3.8, 4) is 0 Å². The molecule has 3 rings (SSSR count). The number of likely N-dealkylation sites (tertiary alicyclic amines) is 1. The molecule has 0 aliphatic carbocycles. The summed E-state index contributed by atoms with van der Waals surface area (Å²) in [5.74, 6) is 2.10. The minimum atomic E-state index is 0.700. The molecule has 0 amide bonds. The highest BCUT2D eigenvalue weighted by Crippen LogP contribution is 2.20. The lowest BCUT2D eigenvalue weighted by atomic mass is 10.2. The van der Waals surface area contributed by atoms with Gasteiger partial charge in [0.25, 0.3) is 0 Å². The molecule has 0 aromatic carbocycles. The minimum Gasteiger partial charge on any atom is -0.463 e. The van der Waals surface area contributed by atoms with E-state index in [1.807, 2.05) is 7.05 Å². The molecule has 0 bridgehead atoms. The van der Waals surface area contributed by atoms with E-state index in [0.717, 1.165) is 57.5 Å². The molecule has 3 heterocycles. The molecule has 2 aliphatic rings. The molecule has 5 nitrogen and oxygen atoms in total. The van der Waals surface area contributed by atoms with Gasteiger partial charge in [-0.1, -0.05) is 0 Å².